The summed E-state index contributed by atoms with van der Waals surface area (Å²) in [6.45, 7) is 9.63. The van der Waals surface area contributed by atoms with Gasteiger partial charge in [0, 0.05) is 51.0 Å². The summed E-state index contributed by atoms with van der Waals surface area (Å²) in [5, 5.41) is 0. The molecular formula is C16H25N5O. The molecule has 120 valence electrons. The van der Waals surface area contributed by atoms with Gasteiger partial charge in [0.25, 0.3) is 0 Å². The summed E-state index contributed by atoms with van der Waals surface area (Å²) >= 11 is 0. The van der Waals surface area contributed by atoms with Crippen molar-refractivity contribution in [3.63, 3.8) is 0 Å². The number of carbonyl (C=O) groups is 1. The van der Waals surface area contributed by atoms with Crippen molar-refractivity contribution in [2.45, 2.75) is 26.7 Å². The molecular weight excluding hydrogens is 278 g/mol. The van der Waals surface area contributed by atoms with Gasteiger partial charge in [-0.3, -0.25) is 4.79 Å². The molecule has 1 unspecified atom stereocenters. The largest absolute Gasteiger partial charge is 0.353 e. The first-order chi connectivity index (χ1) is 10.7. The predicted molar refractivity (Wildman–Crippen MR) is 87.2 cm³/mol. The molecule has 0 aliphatic carbocycles. The number of nitrogens with zero attached hydrogens (tertiary/aromatic N) is 5. The highest BCUT2D eigenvalue weighted by molar-refractivity contribution is 5.50. The topological polar surface area (TPSA) is 52.6 Å². The molecule has 1 amide bonds. The van der Waals surface area contributed by atoms with E-state index in [-0.39, 0.29) is 0 Å². The fourth-order valence-corrected chi connectivity index (χ4v) is 3.27. The molecule has 1 aromatic rings. The van der Waals surface area contributed by atoms with Crippen LogP contribution in [0.5, 0.6) is 0 Å². The smallest absolute Gasteiger partial charge is 0.227 e. The molecule has 0 bridgehead atoms. The lowest BCUT2D eigenvalue weighted by molar-refractivity contribution is -0.118. The summed E-state index contributed by atoms with van der Waals surface area (Å²) < 4.78 is 0. The van der Waals surface area contributed by atoms with Crippen LogP contribution in [0.1, 0.15) is 25.5 Å². The van der Waals surface area contributed by atoms with Crippen molar-refractivity contribution in [2.24, 2.45) is 5.92 Å². The summed E-state index contributed by atoms with van der Waals surface area (Å²) in [6, 6.07) is 2.05. The van der Waals surface area contributed by atoms with Gasteiger partial charge in [-0.2, -0.15) is 4.98 Å². The van der Waals surface area contributed by atoms with Crippen molar-refractivity contribution < 1.29 is 4.79 Å². The molecule has 2 saturated heterocycles. The lowest BCUT2D eigenvalue weighted by atomic mass is 10.0. The minimum absolute atomic E-state index is 0.706. The highest BCUT2D eigenvalue weighted by atomic mass is 16.1. The first-order valence-electron chi connectivity index (χ1n) is 8.20. The average molecular weight is 303 g/mol. The van der Waals surface area contributed by atoms with Crippen LogP contribution in [0.15, 0.2) is 6.07 Å². The molecule has 6 heteroatoms. The van der Waals surface area contributed by atoms with E-state index in [0.717, 1.165) is 63.1 Å². The van der Waals surface area contributed by atoms with E-state index in [1.807, 2.05) is 17.9 Å². The van der Waals surface area contributed by atoms with E-state index in [2.05, 4.69) is 21.7 Å². The molecule has 0 spiro atoms. The van der Waals surface area contributed by atoms with Crippen molar-refractivity contribution in [1.29, 1.82) is 0 Å². The van der Waals surface area contributed by atoms with Crippen molar-refractivity contribution in [2.75, 3.05) is 49.1 Å². The molecule has 6 nitrogen and oxygen atoms in total. The SMILES string of the molecule is Cc1cc(N2CCN(C=O)CC2)nc(N2CCCC(C)C2)n1. The minimum Gasteiger partial charge on any atom is -0.353 e. The third kappa shape index (κ3) is 3.31. The third-order valence-electron chi connectivity index (χ3n) is 4.56. The van der Waals surface area contributed by atoms with Crippen molar-refractivity contribution in [3.8, 4) is 0 Å². The first kappa shape index (κ1) is 15.1. The molecule has 3 heterocycles. The zero-order chi connectivity index (χ0) is 15.5. The Kier molecular flexibility index (Phi) is 4.45. The highest BCUT2D eigenvalue weighted by Crippen LogP contribution is 2.23. The third-order valence-corrected chi connectivity index (χ3v) is 4.56. The number of piperazine rings is 1. The molecule has 0 aromatic carbocycles. The van der Waals surface area contributed by atoms with Crippen LogP contribution in [-0.2, 0) is 4.79 Å². The Morgan fingerprint density at radius 1 is 1.14 bits per heavy atom. The van der Waals surface area contributed by atoms with Crippen LogP contribution in [0.3, 0.4) is 0 Å². The summed E-state index contributed by atoms with van der Waals surface area (Å²) in [5.41, 5.74) is 1.01. The molecule has 0 radical (unpaired) electrons. The maximum Gasteiger partial charge on any atom is 0.227 e. The zero-order valence-electron chi connectivity index (χ0n) is 13.5. The Bertz CT molecular complexity index is 527. The van der Waals surface area contributed by atoms with Gasteiger partial charge in [0.15, 0.2) is 0 Å². The fraction of sp³-hybridized carbons (Fsp3) is 0.688. The Balaban J connectivity index is 1.76. The van der Waals surface area contributed by atoms with E-state index < -0.39 is 0 Å². The number of piperidine rings is 1. The molecule has 0 N–H and O–H groups in total. The number of aromatic nitrogens is 2. The summed E-state index contributed by atoms with van der Waals surface area (Å²) in [5.74, 6) is 2.56. The maximum absolute atomic E-state index is 10.8. The van der Waals surface area contributed by atoms with E-state index in [1.165, 1.54) is 12.8 Å². The van der Waals surface area contributed by atoms with Gasteiger partial charge in [0.05, 0.1) is 0 Å². The Hall–Kier alpha value is -1.85. The average Bonchev–Trinajstić information content (AvgIpc) is 2.54. The van der Waals surface area contributed by atoms with Gasteiger partial charge in [-0.05, 0) is 25.7 Å². The van der Waals surface area contributed by atoms with Crippen molar-refractivity contribution in [3.05, 3.63) is 11.8 Å². The minimum atomic E-state index is 0.706. The molecule has 2 aliphatic heterocycles. The Morgan fingerprint density at radius 2 is 1.91 bits per heavy atom. The molecule has 1 atom stereocenters. The highest BCUT2D eigenvalue weighted by Gasteiger charge is 2.22. The van der Waals surface area contributed by atoms with E-state index in [4.69, 9.17) is 4.98 Å². The van der Waals surface area contributed by atoms with Gasteiger partial charge in [0.2, 0.25) is 12.4 Å². The van der Waals surface area contributed by atoms with Gasteiger partial charge in [-0.15, -0.1) is 0 Å². The van der Waals surface area contributed by atoms with Gasteiger partial charge < -0.3 is 14.7 Å². The molecule has 0 saturated carbocycles. The number of hydrogen-bond donors (Lipinski definition) is 0. The predicted octanol–water partition coefficient (Wildman–Crippen LogP) is 1.30. The lowest BCUT2D eigenvalue weighted by Gasteiger charge is -2.35. The normalized spacial score (nSPS) is 22.8. The van der Waals surface area contributed by atoms with E-state index in [9.17, 15) is 4.79 Å². The molecule has 2 fully saturated rings. The first-order valence-corrected chi connectivity index (χ1v) is 8.20. The van der Waals surface area contributed by atoms with Gasteiger partial charge in [-0.1, -0.05) is 6.92 Å². The zero-order valence-corrected chi connectivity index (χ0v) is 13.5. The molecule has 22 heavy (non-hydrogen) atoms. The fourth-order valence-electron chi connectivity index (χ4n) is 3.27. The standard InChI is InChI=1S/C16H25N5O/c1-13-4-3-5-21(11-13)16-17-14(2)10-15(18-16)20-8-6-19(12-22)7-9-20/h10,12-13H,3-9,11H2,1-2H3. The number of hydrogen-bond acceptors (Lipinski definition) is 5. The number of carbonyl (C=O) groups excluding carboxylic acids is 1. The number of anilines is 2. The molecule has 1 aromatic heterocycles. The maximum atomic E-state index is 10.8. The number of amides is 1. The van der Waals surface area contributed by atoms with Gasteiger partial charge >= 0.3 is 0 Å². The van der Waals surface area contributed by atoms with E-state index in [1.54, 1.807) is 0 Å². The van der Waals surface area contributed by atoms with Crippen molar-refractivity contribution in [1.82, 2.24) is 14.9 Å². The molecule has 3 rings (SSSR count). The van der Waals surface area contributed by atoms with Gasteiger partial charge in [0.1, 0.15) is 5.82 Å². The van der Waals surface area contributed by atoms with Gasteiger partial charge in [-0.25, -0.2) is 4.98 Å². The van der Waals surface area contributed by atoms with E-state index in [0.29, 0.717) is 5.92 Å². The van der Waals surface area contributed by atoms with Crippen LogP contribution in [0.25, 0.3) is 0 Å². The van der Waals surface area contributed by atoms with Crippen LogP contribution in [0.4, 0.5) is 11.8 Å². The second-order valence-corrected chi connectivity index (χ2v) is 6.49. The molecule has 2 aliphatic rings. The van der Waals surface area contributed by atoms with Crippen LogP contribution in [0.2, 0.25) is 0 Å². The van der Waals surface area contributed by atoms with Crippen LogP contribution < -0.4 is 9.80 Å². The quantitative estimate of drug-likeness (QED) is 0.788. The van der Waals surface area contributed by atoms with Crippen LogP contribution >= 0.6 is 0 Å². The van der Waals surface area contributed by atoms with Crippen LogP contribution in [-0.4, -0.2) is 60.5 Å². The number of rotatable bonds is 3. The summed E-state index contributed by atoms with van der Waals surface area (Å²) in [7, 11) is 0. The lowest BCUT2D eigenvalue weighted by Crippen LogP contribution is -2.46. The Labute approximate surface area is 132 Å². The Morgan fingerprint density at radius 3 is 2.59 bits per heavy atom. The summed E-state index contributed by atoms with van der Waals surface area (Å²) in [4.78, 5) is 26.6. The monoisotopic (exact) mass is 303 g/mol. The van der Waals surface area contributed by atoms with Crippen molar-refractivity contribution >= 4 is 18.2 Å². The summed E-state index contributed by atoms with van der Waals surface area (Å²) in [6.07, 6.45) is 3.44. The van der Waals surface area contributed by atoms with E-state index >= 15 is 0 Å². The number of aryl methyl sites for hydroxylation is 1. The van der Waals surface area contributed by atoms with Crippen LogP contribution in [0, 0.1) is 12.8 Å². The second-order valence-electron chi connectivity index (χ2n) is 6.49. The second kappa shape index (κ2) is 6.50.